The second-order valence-corrected chi connectivity index (χ2v) is 11.1. The van der Waals surface area contributed by atoms with Gasteiger partial charge in [-0.1, -0.05) is 78.4 Å². The Labute approximate surface area is 223 Å². The lowest BCUT2D eigenvalue weighted by Crippen LogP contribution is -2.35. The number of benzene rings is 4. The Hall–Kier alpha value is -4.10. The van der Waals surface area contributed by atoms with Gasteiger partial charge in [-0.2, -0.15) is 8.42 Å². The maximum atomic E-state index is 12.6. The molecule has 5 rings (SSSR count). The maximum Gasteiger partial charge on any atom is 0.407 e. The molecule has 0 heterocycles. The summed E-state index contributed by atoms with van der Waals surface area (Å²) in [6.45, 7) is 4.00. The standard InChI is InChI=1S/C31H29NO5S/c1-21-14-16-25(17-15-21)38(34,35)37-24-9-7-8-23(19-24)18-22(2)32-31(33)36-20-30-28-12-5-3-10-26(28)27-11-4-6-13-29(27)30/h3-17,19,22,30H,18,20H2,1-2H3,(H,32,33). The molecule has 4 aromatic rings. The first-order valence-electron chi connectivity index (χ1n) is 12.5. The highest BCUT2D eigenvalue weighted by Gasteiger charge is 2.29. The molecule has 194 valence electrons. The third-order valence-electron chi connectivity index (χ3n) is 6.66. The summed E-state index contributed by atoms with van der Waals surface area (Å²) in [6, 6.07) is 29.5. The molecule has 1 atom stereocenters. The molecule has 0 saturated carbocycles. The molecule has 0 spiro atoms. The van der Waals surface area contributed by atoms with E-state index >= 15 is 0 Å². The second-order valence-electron chi connectivity index (χ2n) is 9.57. The molecule has 7 heteroatoms. The molecule has 0 aromatic heterocycles. The Morgan fingerprint density at radius 1 is 0.868 bits per heavy atom. The number of rotatable bonds is 8. The van der Waals surface area contributed by atoms with Crippen LogP contribution in [0.15, 0.2) is 102 Å². The van der Waals surface area contributed by atoms with E-state index in [1.165, 1.54) is 23.3 Å². The predicted molar refractivity (Wildman–Crippen MR) is 147 cm³/mol. The lowest BCUT2D eigenvalue weighted by atomic mass is 9.98. The van der Waals surface area contributed by atoms with Crippen LogP contribution in [0, 0.1) is 6.92 Å². The van der Waals surface area contributed by atoms with Gasteiger partial charge in [0.15, 0.2) is 0 Å². The van der Waals surface area contributed by atoms with E-state index < -0.39 is 16.2 Å². The van der Waals surface area contributed by atoms with Gasteiger partial charge in [0.2, 0.25) is 0 Å². The Morgan fingerprint density at radius 3 is 2.16 bits per heavy atom. The molecule has 0 saturated heterocycles. The largest absolute Gasteiger partial charge is 0.449 e. The van der Waals surface area contributed by atoms with Crippen LogP contribution in [-0.4, -0.2) is 27.2 Å². The number of amides is 1. The molecule has 1 aliphatic rings. The van der Waals surface area contributed by atoms with E-state index in [2.05, 4.69) is 29.6 Å². The fourth-order valence-corrected chi connectivity index (χ4v) is 5.77. The van der Waals surface area contributed by atoms with Gasteiger partial charge in [0.25, 0.3) is 0 Å². The van der Waals surface area contributed by atoms with Crippen LogP contribution in [0.25, 0.3) is 11.1 Å². The number of nitrogens with one attached hydrogen (secondary N) is 1. The average Bonchev–Trinajstić information content (AvgIpc) is 3.21. The van der Waals surface area contributed by atoms with E-state index in [1.807, 2.05) is 44.2 Å². The lowest BCUT2D eigenvalue weighted by Gasteiger charge is -2.17. The van der Waals surface area contributed by atoms with Gasteiger partial charge < -0.3 is 14.2 Å². The van der Waals surface area contributed by atoms with Crippen molar-refractivity contribution in [3.63, 3.8) is 0 Å². The molecule has 1 aliphatic carbocycles. The molecule has 1 N–H and O–H groups in total. The number of carbonyl (C=O) groups excluding carboxylic acids is 1. The summed E-state index contributed by atoms with van der Waals surface area (Å²) < 4.78 is 36.2. The summed E-state index contributed by atoms with van der Waals surface area (Å²) in [5.74, 6) is 0.212. The first-order chi connectivity index (χ1) is 18.3. The monoisotopic (exact) mass is 527 g/mol. The molecular weight excluding hydrogens is 498 g/mol. The summed E-state index contributed by atoms with van der Waals surface area (Å²) in [6.07, 6.45) is -0.0138. The zero-order valence-electron chi connectivity index (χ0n) is 21.3. The van der Waals surface area contributed by atoms with Gasteiger partial charge in [-0.3, -0.25) is 0 Å². The van der Waals surface area contributed by atoms with Gasteiger partial charge in [-0.25, -0.2) is 4.79 Å². The molecular formula is C31H29NO5S. The van der Waals surface area contributed by atoms with E-state index in [-0.39, 0.29) is 29.2 Å². The third kappa shape index (κ3) is 5.58. The smallest absolute Gasteiger partial charge is 0.407 e. The van der Waals surface area contributed by atoms with Crippen molar-refractivity contribution >= 4 is 16.2 Å². The Kier molecular flexibility index (Phi) is 7.20. The highest BCUT2D eigenvalue weighted by atomic mass is 32.2. The number of aryl methyl sites for hydroxylation is 1. The van der Waals surface area contributed by atoms with Crippen molar-refractivity contribution in [2.24, 2.45) is 0 Å². The van der Waals surface area contributed by atoms with Gasteiger partial charge in [-0.15, -0.1) is 0 Å². The SMILES string of the molecule is Cc1ccc(S(=O)(=O)Oc2cccc(CC(C)NC(=O)OCC3c4ccccc4-c4ccccc43)c2)cc1. The van der Waals surface area contributed by atoms with Crippen LogP contribution in [0.2, 0.25) is 0 Å². The van der Waals surface area contributed by atoms with Crippen molar-refractivity contribution in [3.05, 3.63) is 119 Å². The number of fused-ring (bicyclic) bond motifs is 3. The fraction of sp³-hybridized carbons (Fsp3) is 0.194. The van der Waals surface area contributed by atoms with Crippen molar-refractivity contribution in [1.82, 2.24) is 5.32 Å². The number of hydrogen-bond acceptors (Lipinski definition) is 5. The number of hydrogen-bond donors (Lipinski definition) is 1. The molecule has 1 amide bonds. The topological polar surface area (TPSA) is 81.7 Å². The van der Waals surface area contributed by atoms with E-state index in [1.54, 1.807) is 30.3 Å². The van der Waals surface area contributed by atoms with Gasteiger partial charge in [-0.05, 0) is 72.4 Å². The van der Waals surface area contributed by atoms with Crippen LogP contribution >= 0.6 is 0 Å². The Balaban J connectivity index is 1.18. The van der Waals surface area contributed by atoms with Crippen LogP contribution in [0.4, 0.5) is 4.79 Å². The third-order valence-corrected chi connectivity index (χ3v) is 7.93. The fourth-order valence-electron chi connectivity index (χ4n) is 4.85. The van der Waals surface area contributed by atoms with Crippen LogP contribution in [0.1, 0.15) is 35.1 Å². The molecule has 6 nitrogen and oxygen atoms in total. The number of carbonyl (C=O) groups is 1. The molecule has 4 aromatic carbocycles. The zero-order chi connectivity index (χ0) is 26.7. The normalized spacial score (nSPS) is 13.3. The lowest BCUT2D eigenvalue weighted by molar-refractivity contribution is 0.139. The Bertz CT molecular complexity index is 1520. The Morgan fingerprint density at radius 2 is 1.50 bits per heavy atom. The van der Waals surface area contributed by atoms with E-state index in [0.717, 1.165) is 22.3 Å². The van der Waals surface area contributed by atoms with Crippen molar-refractivity contribution in [2.75, 3.05) is 6.61 Å². The van der Waals surface area contributed by atoms with Gasteiger partial charge in [0.05, 0.1) is 0 Å². The quantitative estimate of drug-likeness (QED) is 0.275. The minimum atomic E-state index is -3.94. The van der Waals surface area contributed by atoms with Crippen LogP contribution < -0.4 is 9.50 Å². The van der Waals surface area contributed by atoms with Crippen molar-refractivity contribution in [1.29, 1.82) is 0 Å². The van der Waals surface area contributed by atoms with Gasteiger partial charge >= 0.3 is 16.2 Å². The summed E-state index contributed by atoms with van der Waals surface area (Å²) >= 11 is 0. The van der Waals surface area contributed by atoms with Gasteiger partial charge in [0.1, 0.15) is 17.3 Å². The summed E-state index contributed by atoms with van der Waals surface area (Å²) in [7, 11) is -3.94. The van der Waals surface area contributed by atoms with Crippen LogP contribution in [0.3, 0.4) is 0 Å². The molecule has 0 aliphatic heterocycles. The number of ether oxygens (including phenoxy) is 1. The van der Waals surface area contributed by atoms with E-state index in [9.17, 15) is 13.2 Å². The van der Waals surface area contributed by atoms with Crippen molar-refractivity contribution < 1.29 is 22.1 Å². The summed E-state index contributed by atoms with van der Waals surface area (Å²) in [5.41, 5.74) is 6.46. The minimum absolute atomic E-state index is 0.00670. The maximum absolute atomic E-state index is 12.6. The first-order valence-corrected chi connectivity index (χ1v) is 13.9. The van der Waals surface area contributed by atoms with Crippen LogP contribution in [-0.2, 0) is 21.3 Å². The van der Waals surface area contributed by atoms with Crippen LogP contribution in [0.5, 0.6) is 5.75 Å². The summed E-state index contributed by atoms with van der Waals surface area (Å²) in [5, 5.41) is 2.88. The number of alkyl carbamates (subject to hydrolysis) is 1. The van der Waals surface area contributed by atoms with E-state index in [0.29, 0.717) is 6.42 Å². The molecule has 0 radical (unpaired) electrons. The first kappa shape index (κ1) is 25.5. The average molecular weight is 528 g/mol. The highest BCUT2D eigenvalue weighted by Crippen LogP contribution is 2.44. The molecule has 0 fully saturated rings. The molecule has 38 heavy (non-hydrogen) atoms. The van der Waals surface area contributed by atoms with E-state index in [4.69, 9.17) is 8.92 Å². The molecule has 1 unspecified atom stereocenters. The predicted octanol–water partition coefficient (Wildman–Crippen LogP) is 6.23. The molecule has 0 bridgehead atoms. The zero-order valence-corrected chi connectivity index (χ0v) is 22.1. The van der Waals surface area contributed by atoms with Gasteiger partial charge in [0, 0.05) is 12.0 Å². The van der Waals surface area contributed by atoms with Crippen molar-refractivity contribution in [2.45, 2.75) is 37.1 Å². The highest BCUT2D eigenvalue weighted by molar-refractivity contribution is 7.87. The van der Waals surface area contributed by atoms with Crippen molar-refractivity contribution in [3.8, 4) is 16.9 Å². The summed E-state index contributed by atoms with van der Waals surface area (Å²) in [4.78, 5) is 12.7. The minimum Gasteiger partial charge on any atom is -0.449 e. The second kappa shape index (κ2) is 10.7.